The Hall–Kier alpha value is -2.57. The highest BCUT2D eigenvalue weighted by atomic mass is 16.7. The molecule has 0 heterocycles. The SMILES string of the molecule is CCc1cccc(NC(=O)Oc2cccc(OCC(OC)OC)c2)c1. The van der Waals surface area contributed by atoms with E-state index >= 15 is 0 Å². The molecular formula is C19H23NO5. The van der Waals surface area contributed by atoms with Crippen LogP contribution < -0.4 is 14.8 Å². The van der Waals surface area contributed by atoms with Crippen molar-refractivity contribution in [2.24, 2.45) is 0 Å². The third kappa shape index (κ3) is 6.10. The summed E-state index contributed by atoms with van der Waals surface area (Å²) in [5.41, 5.74) is 1.83. The van der Waals surface area contributed by atoms with Crippen molar-refractivity contribution in [2.75, 3.05) is 26.1 Å². The average Bonchev–Trinajstić information content (AvgIpc) is 2.63. The summed E-state index contributed by atoms with van der Waals surface area (Å²) in [7, 11) is 3.07. The number of ether oxygens (including phenoxy) is 4. The molecule has 0 aliphatic heterocycles. The number of aryl methyl sites for hydroxylation is 1. The van der Waals surface area contributed by atoms with Gasteiger partial charge in [0.1, 0.15) is 18.1 Å². The Balaban J connectivity index is 1.93. The van der Waals surface area contributed by atoms with Crippen molar-refractivity contribution in [3.8, 4) is 11.5 Å². The van der Waals surface area contributed by atoms with Gasteiger partial charge in [0, 0.05) is 26.0 Å². The van der Waals surface area contributed by atoms with Crippen molar-refractivity contribution < 1.29 is 23.7 Å². The van der Waals surface area contributed by atoms with Gasteiger partial charge in [-0.25, -0.2) is 4.79 Å². The Labute approximate surface area is 147 Å². The largest absolute Gasteiger partial charge is 0.488 e. The van der Waals surface area contributed by atoms with E-state index in [1.165, 1.54) is 14.2 Å². The molecule has 134 valence electrons. The monoisotopic (exact) mass is 345 g/mol. The highest BCUT2D eigenvalue weighted by Crippen LogP contribution is 2.20. The minimum absolute atomic E-state index is 0.229. The number of amides is 1. The molecule has 0 unspecified atom stereocenters. The standard InChI is InChI=1S/C19H23NO5/c1-4-14-7-5-8-15(11-14)20-19(21)25-17-10-6-9-16(12-17)24-13-18(22-2)23-3/h5-12,18H,4,13H2,1-3H3,(H,20,21). The quantitative estimate of drug-likeness (QED) is 0.736. The number of methoxy groups -OCH3 is 2. The number of carbonyl (C=O) groups is 1. The van der Waals surface area contributed by atoms with Gasteiger partial charge in [0.25, 0.3) is 0 Å². The van der Waals surface area contributed by atoms with Gasteiger partial charge in [-0.15, -0.1) is 0 Å². The predicted octanol–water partition coefficient (Wildman–Crippen LogP) is 3.86. The number of benzene rings is 2. The molecule has 2 aromatic rings. The van der Waals surface area contributed by atoms with E-state index in [1.54, 1.807) is 24.3 Å². The number of hydrogen-bond donors (Lipinski definition) is 1. The topological polar surface area (TPSA) is 66.0 Å². The second-order valence-corrected chi connectivity index (χ2v) is 5.26. The zero-order valence-electron chi connectivity index (χ0n) is 14.7. The fourth-order valence-corrected chi connectivity index (χ4v) is 2.14. The number of anilines is 1. The predicted molar refractivity (Wildman–Crippen MR) is 95.2 cm³/mol. The molecule has 6 nitrogen and oxygen atoms in total. The van der Waals surface area contributed by atoms with E-state index in [2.05, 4.69) is 12.2 Å². The molecule has 1 amide bonds. The lowest BCUT2D eigenvalue weighted by Gasteiger charge is -2.14. The van der Waals surface area contributed by atoms with Gasteiger partial charge in [0.15, 0.2) is 6.29 Å². The van der Waals surface area contributed by atoms with Gasteiger partial charge in [0.05, 0.1) is 0 Å². The molecule has 0 aliphatic rings. The summed E-state index contributed by atoms with van der Waals surface area (Å²) < 4.78 is 21.0. The maximum absolute atomic E-state index is 12.0. The molecule has 0 aromatic heterocycles. The fraction of sp³-hybridized carbons (Fsp3) is 0.316. The lowest BCUT2D eigenvalue weighted by atomic mass is 10.1. The molecule has 25 heavy (non-hydrogen) atoms. The molecule has 6 heteroatoms. The summed E-state index contributed by atoms with van der Waals surface area (Å²) in [5, 5.41) is 2.71. The highest BCUT2D eigenvalue weighted by molar-refractivity contribution is 5.86. The third-order valence-electron chi connectivity index (χ3n) is 3.51. The first kappa shape index (κ1) is 18.8. The van der Waals surface area contributed by atoms with Crippen LogP contribution in [-0.2, 0) is 15.9 Å². The first-order valence-electron chi connectivity index (χ1n) is 8.00. The van der Waals surface area contributed by atoms with E-state index in [0.29, 0.717) is 17.2 Å². The Kier molecular flexibility index (Phi) is 7.25. The van der Waals surface area contributed by atoms with Crippen molar-refractivity contribution >= 4 is 11.8 Å². The molecule has 0 atom stereocenters. The van der Waals surface area contributed by atoms with Gasteiger partial charge in [-0.1, -0.05) is 25.1 Å². The maximum Gasteiger partial charge on any atom is 0.417 e. The van der Waals surface area contributed by atoms with E-state index in [-0.39, 0.29) is 6.61 Å². The van der Waals surface area contributed by atoms with E-state index < -0.39 is 12.4 Å². The molecule has 2 aromatic carbocycles. The van der Waals surface area contributed by atoms with E-state index in [0.717, 1.165) is 12.0 Å². The summed E-state index contributed by atoms with van der Waals surface area (Å²) in [6.07, 6.45) is -0.121. The fourth-order valence-electron chi connectivity index (χ4n) is 2.14. The second-order valence-electron chi connectivity index (χ2n) is 5.26. The molecule has 0 fully saturated rings. The summed E-state index contributed by atoms with van der Waals surface area (Å²) >= 11 is 0. The summed E-state index contributed by atoms with van der Waals surface area (Å²) in [5.74, 6) is 0.936. The van der Waals surface area contributed by atoms with Crippen LogP contribution in [0.4, 0.5) is 10.5 Å². The van der Waals surface area contributed by atoms with E-state index in [9.17, 15) is 4.79 Å². The second kappa shape index (κ2) is 9.66. The van der Waals surface area contributed by atoms with Crippen molar-refractivity contribution in [3.63, 3.8) is 0 Å². The van der Waals surface area contributed by atoms with Crippen LogP contribution in [0.1, 0.15) is 12.5 Å². The van der Waals surface area contributed by atoms with Crippen molar-refractivity contribution in [1.82, 2.24) is 0 Å². The Bertz CT molecular complexity index is 685. The molecule has 2 rings (SSSR count). The lowest BCUT2D eigenvalue weighted by Crippen LogP contribution is -2.22. The molecule has 1 N–H and O–H groups in total. The van der Waals surface area contributed by atoms with Gasteiger partial charge in [-0.05, 0) is 36.2 Å². The van der Waals surface area contributed by atoms with Crippen LogP contribution in [0.3, 0.4) is 0 Å². The summed E-state index contributed by atoms with van der Waals surface area (Å²) in [4.78, 5) is 12.0. The van der Waals surface area contributed by atoms with Gasteiger partial charge >= 0.3 is 6.09 Å². The van der Waals surface area contributed by atoms with Crippen LogP contribution in [0, 0.1) is 0 Å². The summed E-state index contributed by atoms with van der Waals surface area (Å²) in [6.45, 7) is 2.28. The van der Waals surface area contributed by atoms with Crippen LogP contribution in [-0.4, -0.2) is 33.2 Å². The molecule has 0 aliphatic carbocycles. The van der Waals surface area contributed by atoms with Crippen LogP contribution in [0.25, 0.3) is 0 Å². The van der Waals surface area contributed by atoms with Crippen molar-refractivity contribution in [3.05, 3.63) is 54.1 Å². The average molecular weight is 345 g/mol. The number of hydrogen-bond acceptors (Lipinski definition) is 5. The smallest absolute Gasteiger partial charge is 0.417 e. The van der Waals surface area contributed by atoms with Crippen molar-refractivity contribution in [1.29, 1.82) is 0 Å². The first-order chi connectivity index (χ1) is 12.1. The van der Waals surface area contributed by atoms with Crippen LogP contribution in [0.5, 0.6) is 11.5 Å². The normalized spacial score (nSPS) is 10.6. The lowest BCUT2D eigenvalue weighted by molar-refractivity contribution is -0.121. The Morgan fingerprint density at radius 3 is 2.48 bits per heavy atom. The van der Waals surface area contributed by atoms with Gasteiger partial charge in [0.2, 0.25) is 0 Å². The first-order valence-corrected chi connectivity index (χ1v) is 8.00. The number of rotatable bonds is 8. The van der Waals surface area contributed by atoms with Crippen molar-refractivity contribution in [2.45, 2.75) is 19.6 Å². The third-order valence-corrected chi connectivity index (χ3v) is 3.51. The number of nitrogens with one attached hydrogen (secondary N) is 1. The van der Waals surface area contributed by atoms with Crippen LogP contribution in [0.15, 0.2) is 48.5 Å². The maximum atomic E-state index is 12.0. The molecule has 0 saturated carbocycles. The highest BCUT2D eigenvalue weighted by Gasteiger charge is 2.09. The summed E-state index contributed by atoms with van der Waals surface area (Å²) in [6, 6.07) is 14.4. The molecule has 0 bridgehead atoms. The molecular weight excluding hydrogens is 322 g/mol. The van der Waals surface area contributed by atoms with Crippen LogP contribution in [0.2, 0.25) is 0 Å². The minimum Gasteiger partial charge on any atom is -0.488 e. The van der Waals surface area contributed by atoms with Gasteiger partial charge < -0.3 is 18.9 Å². The molecule has 0 saturated heterocycles. The Morgan fingerprint density at radius 1 is 1.04 bits per heavy atom. The van der Waals surface area contributed by atoms with Gasteiger partial charge in [-0.2, -0.15) is 0 Å². The zero-order valence-corrected chi connectivity index (χ0v) is 14.7. The minimum atomic E-state index is -0.558. The Morgan fingerprint density at radius 2 is 1.76 bits per heavy atom. The number of carbonyl (C=O) groups excluding carboxylic acids is 1. The van der Waals surface area contributed by atoms with E-state index in [1.807, 2.05) is 24.3 Å². The zero-order chi connectivity index (χ0) is 18.1. The van der Waals surface area contributed by atoms with Gasteiger partial charge in [-0.3, -0.25) is 5.32 Å². The van der Waals surface area contributed by atoms with Crippen LogP contribution >= 0.6 is 0 Å². The molecule has 0 radical (unpaired) electrons. The molecule has 0 spiro atoms. The van der Waals surface area contributed by atoms with E-state index in [4.69, 9.17) is 18.9 Å².